The second-order valence-electron chi connectivity index (χ2n) is 4.54. The van der Waals surface area contributed by atoms with Gasteiger partial charge in [0.15, 0.2) is 0 Å². The molecule has 100 valence electrons. The fraction of sp³-hybridized carbons (Fsp3) is 0.200. The van der Waals surface area contributed by atoms with Crippen molar-refractivity contribution in [2.24, 2.45) is 0 Å². The molecule has 0 spiro atoms. The van der Waals surface area contributed by atoms with E-state index in [1.165, 1.54) is 5.56 Å². The predicted molar refractivity (Wildman–Crippen MR) is 84.0 cm³/mol. The van der Waals surface area contributed by atoms with Crippen molar-refractivity contribution in [3.8, 4) is 5.75 Å². The summed E-state index contributed by atoms with van der Waals surface area (Å²) in [4.78, 5) is 0. The maximum Gasteiger partial charge on any atom is 0.115 e. The highest BCUT2D eigenvalue weighted by molar-refractivity contribution is 9.10. The van der Waals surface area contributed by atoms with E-state index in [9.17, 15) is 5.11 Å². The van der Waals surface area contributed by atoms with Gasteiger partial charge in [0.25, 0.3) is 0 Å². The lowest BCUT2D eigenvalue weighted by atomic mass is 10.1. The summed E-state index contributed by atoms with van der Waals surface area (Å²) >= 11 is 9.37. The van der Waals surface area contributed by atoms with Gasteiger partial charge in [0.1, 0.15) is 5.75 Å². The molecule has 0 heterocycles. The fourth-order valence-electron chi connectivity index (χ4n) is 1.91. The van der Waals surface area contributed by atoms with Crippen LogP contribution in [0.25, 0.3) is 0 Å². The molecular weight excluding hydrogens is 326 g/mol. The number of benzene rings is 2. The zero-order valence-electron chi connectivity index (χ0n) is 10.5. The Balaban J connectivity index is 1.98. The molecule has 2 aromatic rings. The fourth-order valence-corrected chi connectivity index (χ4v) is 2.40. The van der Waals surface area contributed by atoms with Gasteiger partial charge in [-0.2, -0.15) is 0 Å². The number of phenols is 1. The van der Waals surface area contributed by atoms with E-state index in [1.807, 2.05) is 30.3 Å². The summed E-state index contributed by atoms with van der Waals surface area (Å²) in [5.41, 5.74) is 2.22. The second-order valence-corrected chi connectivity index (χ2v) is 5.81. The lowest BCUT2D eigenvalue weighted by Crippen LogP contribution is -2.17. The third kappa shape index (κ3) is 4.15. The lowest BCUT2D eigenvalue weighted by Gasteiger charge is -2.16. The molecule has 19 heavy (non-hydrogen) atoms. The largest absolute Gasteiger partial charge is 0.508 e. The van der Waals surface area contributed by atoms with E-state index in [0.717, 1.165) is 16.6 Å². The number of halogens is 2. The van der Waals surface area contributed by atoms with Gasteiger partial charge in [-0.05, 0) is 65.2 Å². The zero-order valence-corrected chi connectivity index (χ0v) is 12.9. The van der Waals surface area contributed by atoms with Crippen LogP contribution < -0.4 is 5.32 Å². The maximum absolute atomic E-state index is 9.25. The van der Waals surface area contributed by atoms with Gasteiger partial charge in [0, 0.05) is 16.2 Å². The standard InChI is InChI=1S/C15H15BrClNO/c1-10(8-11-2-5-13(19)6-3-11)18-12-4-7-15(17)14(16)9-12/h2-7,9-10,18-19H,8H2,1H3. The summed E-state index contributed by atoms with van der Waals surface area (Å²) < 4.78 is 0.885. The van der Waals surface area contributed by atoms with Crippen LogP contribution in [0.3, 0.4) is 0 Å². The van der Waals surface area contributed by atoms with Crippen molar-refractivity contribution >= 4 is 33.2 Å². The number of aromatic hydroxyl groups is 1. The van der Waals surface area contributed by atoms with Crippen molar-refractivity contribution < 1.29 is 5.11 Å². The first-order valence-electron chi connectivity index (χ1n) is 6.04. The summed E-state index contributed by atoms with van der Waals surface area (Å²) in [5.74, 6) is 0.297. The van der Waals surface area contributed by atoms with E-state index in [-0.39, 0.29) is 6.04 Å². The molecule has 0 aliphatic rings. The molecule has 0 fully saturated rings. The lowest BCUT2D eigenvalue weighted by molar-refractivity contribution is 0.475. The molecule has 0 radical (unpaired) electrons. The Morgan fingerprint density at radius 1 is 1.21 bits per heavy atom. The normalized spacial score (nSPS) is 12.2. The Bertz CT molecular complexity index is 557. The average molecular weight is 341 g/mol. The smallest absolute Gasteiger partial charge is 0.115 e. The SMILES string of the molecule is CC(Cc1ccc(O)cc1)Nc1ccc(Cl)c(Br)c1. The van der Waals surface area contributed by atoms with Crippen LogP contribution in [0.1, 0.15) is 12.5 Å². The molecule has 1 atom stereocenters. The minimum Gasteiger partial charge on any atom is -0.508 e. The van der Waals surface area contributed by atoms with Crippen molar-refractivity contribution in [1.82, 2.24) is 0 Å². The van der Waals surface area contributed by atoms with Crippen LogP contribution in [0.4, 0.5) is 5.69 Å². The highest BCUT2D eigenvalue weighted by atomic mass is 79.9. The van der Waals surface area contributed by atoms with Crippen LogP contribution >= 0.6 is 27.5 Å². The molecule has 0 amide bonds. The third-order valence-electron chi connectivity index (χ3n) is 2.81. The van der Waals surface area contributed by atoms with Crippen molar-refractivity contribution in [3.05, 3.63) is 57.5 Å². The number of anilines is 1. The monoisotopic (exact) mass is 339 g/mol. The first-order chi connectivity index (χ1) is 9.04. The molecule has 2 nitrogen and oxygen atoms in total. The number of nitrogens with one attached hydrogen (secondary N) is 1. The van der Waals surface area contributed by atoms with Crippen molar-refractivity contribution in [3.63, 3.8) is 0 Å². The Hall–Kier alpha value is -1.19. The van der Waals surface area contributed by atoms with Crippen molar-refractivity contribution in [2.75, 3.05) is 5.32 Å². The van der Waals surface area contributed by atoms with E-state index in [4.69, 9.17) is 11.6 Å². The van der Waals surface area contributed by atoms with Gasteiger partial charge in [-0.15, -0.1) is 0 Å². The molecule has 0 aliphatic heterocycles. The topological polar surface area (TPSA) is 32.3 Å². The molecular formula is C15H15BrClNO. The van der Waals surface area contributed by atoms with Gasteiger partial charge in [-0.3, -0.25) is 0 Å². The number of phenolic OH excluding ortho intramolecular Hbond substituents is 1. The van der Waals surface area contributed by atoms with Crippen LogP contribution in [-0.2, 0) is 6.42 Å². The molecule has 2 rings (SSSR count). The molecule has 0 saturated carbocycles. The zero-order chi connectivity index (χ0) is 13.8. The second kappa shape index (κ2) is 6.31. The van der Waals surface area contributed by atoms with Gasteiger partial charge < -0.3 is 10.4 Å². The van der Waals surface area contributed by atoms with Gasteiger partial charge in [-0.1, -0.05) is 23.7 Å². The predicted octanol–water partition coefficient (Wildman–Crippen LogP) is 4.85. The highest BCUT2D eigenvalue weighted by Crippen LogP contribution is 2.26. The molecule has 1 unspecified atom stereocenters. The summed E-state index contributed by atoms with van der Waals surface area (Å²) in [7, 11) is 0. The Morgan fingerprint density at radius 2 is 1.89 bits per heavy atom. The van der Waals surface area contributed by atoms with E-state index in [1.54, 1.807) is 12.1 Å². The number of rotatable bonds is 4. The molecule has 2 aromatic carbocycles. The number of hydrogen-bond donors (Lipinski definition) is 2. The Labute approximate surface area is 126 Å². The van der Waals surface area contributed by atoms with E-state index >= 15 is 0 Å². The van der Waals surface area contributed by atoms with E-state index < -0.39 is 0 Å². The van der Waals surface area contributed by atoms with Crippen LogP contribution in [0.2, 0.25) is 5.02 Å². The van der Waals surface area contributed by atoms with Gasteiger partial charge in [0.05, 0.1) is 5.02 Å². The molecule has 0 saturated heterocycles. The Kier molecular flexibility index (Phi) is 4.72. The molecule has 2 N–H and O–H groups in total. The summed E-state index contributed by atoms with van der Waals surface area (Å²) in [6.07, 6.45) is 0.889. The molecule has 4 heteroatoms. The average Bonchev–Trinajstić information content (AvgIpc) is 2.37. The first kappa shape index (κ1) is 14.2. The number of hydrogen-bond acceptors (Lipinski definition) is 2. The van der Waals surface area contributed by atoms with Crippen molar-refractivity contribution in [2.45, 2.75) is 19.4 Å². The van der Waals surface area contributed by atoms with Crippen LogP contribution in [0.5, 0.6) is 5.75 Å². The van der Waals surface area contributed by atoms with Gasteiger partial charge in [0.2, 0.25) is 0 Å². The van der Waals surface area contributed by atoms with Gasteiger partial charge >= 0.3 is 0 Å². The van der Waals surface area contributed by atoms with Crippen LogP contribution in [0, 0.1) is 0 Å². The molecule has 0 bridgehead atoms. The summed E-state index contributed by atoms with van der Waals surface area (Å²) in [6, 6.07) is 13.4. The summed E-state index contributed by atoms with van der Waals surface area (Å²) in [5, 5.41) is 13.4. The highest BCUT2D eigenvalue weighted by Gasteiger charge is 2.05. The van der Waals surface area contributed by atoms with Crippen LogP contribution in [-0.4, -0.2) is 11.1 Å². The quantitative estimate of drug-likeness (QED) is 0.834. The van der Waals surface area contributed by atoms with E-state index in [2.05, 4.69) is 28.2 Å². The maximum atomic E-state index is 9.25. The van der Waals surface area contributed by atoms with E-state index in [0.29, 0.717) is 10.8 Å². The Morgan fingerprint density at radius 3 is 2.53 bits per heavy atom. The minimum absolute atomic E-state index is 0.289. The summed E-state index contributed by atoms with van der Waals surface area (Å²) in [6.45, 7) is 2.12. The molecule has 0 aromatic heterocycles. The van der Waals surface area contributed by atoms with Crippen molar-refractivity contribution in [1.29, 1.82) is 0 Å². The third-order valence-corrected chi connectivity index (χ3v) is 4.02. The van der Waals surface area contributed by atoms with Gasteiger partial charge in [-0.25, -0.2) is 0 Å². The minimum atomic E-state index is 0.289. The first-order valence-corrected chi connectivity index (χ1v) is 7.21. The van der Waals surface area contributed by atoms with Crippen LogP contribution in [0.15, 0.2) is 46.9 Å². The molecule has 0 aliphatic carbocycles.